The molecule has 0 aromatic heterocycles. The van der Waals surface area contributed by atoms with Crippen LogP contribution in [0.5, 0.6) is 11.5 Å². The molecule has 2 aromatic rings. The van der Waals surface area contributed by atoms with E-state index in [-0.39, 0.29) is 11.7 Å². The SMILES string of the molecule is COc1cc(C(=O)N(C)Cc2ccc(O)cc2)ccc1N. The predicted octanol–water partition coefficient (Wildman–Crippen LogP) is 2.26. The highest BCUT2D eigenvalue weighted by atomic mass is 16.5. The maximum atomic E-state index is 12.4. The summed E-state index contributed by atoms with van der Waals surface area (Å²) in [5.74, 6) is 0.566. The number of benzene rings is 2. The fourth-order valence-corrected chi connectivity index (χ4v) is 2.01. The third-order valence-electron chi connectivity index (χ3n) is 3.18. The van der Waals surface area contributed by atoms with Crippen molar-refractivity contribution in [3.63, 3.8) is 0 Å². The molecule has 2 rings (SSSR count). The van der Waals surface area contributed by atoms with Gasteiger partial charge in [0.05, 0.1) is 12.8 Å². The van der Waals surface area contributed by atoms with Crippen molar-refractivity contribution in [1.29, 1.82) is 0 Å². The number of hydrogen-bond acceptors (Lipinski definition) is 4. The van der Waals surface area contributed by atoms with Crippen molar-refractivity contribution >= 4 is 11.6 Å². The molecule has 0 atom stereocenters. The van der Waals surface area contributed by atoms with Crippen molar-refractivity contribution in [3.8, 4) is 11.5 Å². The molecule has 0 fully saturated rings. The van der Waals surface area contributed by atoms with E-state index in [0.29, 0.717) is 23.5 Å². The molecular formula is C16H18N2O3. The fourth-order valence-electron chi connectivity index (χ4n) is 2.01. The summed E-state index contributed by atoms with van der Waals surface area (Å²) in [5.41, 5.74) is 7.69. The van der Waals surface area contributed by atoms with Crippen molar-refractivity contribution in [3.05, 3.63) is 53.6 Å². The van der Waals surface area contributed by atoms with Gasteiger partial charge in [-0.15, -0.1) is 0 Å². The Morgan fingerprint density at radius 2 is 1.90 bits per heavy atom. The Hall–Kier alpha value is -2.69. The molecule has 1 amide bonds. The third kappa shape index (κ3) is 3.45. The first kappa shape index (κ1) is 14.7. The van der Waals surface area contributed by atoms with Crippen LogP contribution in [0.15, 0.2) is 42.5 Å². The van der Waals surface area contributed by atoms with Gasteiger partial charge < -0.3 is 20.5 Å². The zero-order valence-electron chi connectivity index (χ0n) is 12.0. The average Bonchev–Trinajstić information content (AvgIpc) is 2.49. The number of carbonyl (C=O) groups is 1. The lowest BCUT2D eigenvalue weighted by Gasteiger charge is -2.18. The van der Waals surface area contributed by atoms with Crippen LogP contribution in [0.25, 0.3) is 0 Å². The lowest BCUT2D eigenvalue weighted by Crippen LogP contribution is -2.26. The molecule has 110 valence electrons. The number of ether oxygens (including phenoxy) is 1. The van der Waals surface area contributed by atoms with Crippen LogP contribution in [0.4, 0.5) is 5.69 Å². The van der Waals surface area contributed by atoms with E-state index in [1.54, 1.807) is 54.4 Å². The molecule has 0 saturated carbocycles. The summed E-state index contributed by atoms with van der Waals surface area (Å²) in [4.78, 5) is 14.0. The molecule has 0 radical (unpaired) electrons. The number of carbonyl (C=O) groups excluding carboxylic acids is 1. The number of amides is 1. The Morgan fingerprint density at radius 1 is 1.24 bits per heavy atom. The number of aromatic hydroxyl groups is 1. The highest BCUT2D eigenvalue weighted by Crippen LogP contribution is 2.23. The van der Waals surface area contributed by atoms with Gasteiger partial charge in [-0.3, -0.25) is 4.79 Å². The van der Waals surface area contributed by atoms with Crippen molar-refractivity contribution in [1.82, 2.24) is 4.90 Å². The minimum atomic E-state index is -0.124. The van der Waals surface area contributed by atoms with Crippen LogP contribution in [-0.2, 0) is 6.54 Å². The molecular weight excluding hydrogens is 268 g/mol. The predicted molar refractivity (Wildman–Crippen MR) is 81.3 cm³/mol. The second-order valence-corrected chi connectivity index (χ2v) is 4.78. The molecule has 0 heterocycles. The lowest BCUT2D eigenvalue weighted by molar-refractivity contribution is 0.0785. The Labute approximate surface area is 123 Å². The molecule has 0 aliphatic rings. The zero-order valence-corrected chi connectivity index (χ0v) is 12.0. The molecule has 2 aromatic carbocycles. The van der Waals surface area contributed by atoms with Gasteiger partial charge in [-0.2, -0.15) is 0 Å². The van der Waals surface area contributed by atoms with Gasteiger partial charge in [0.1, 0.15) is 11.5 Å². The van der Waals surface area contributed by atoms with E-state index in [9.17, 15) is 9.90 Å². The van der Waals surface area contributed by atoms with Gasteiger partial charge in [-0.1, -0.05) is 12.1 Å². The van der Waals surface area contributed by atoms with Gasteiger partial charge in [-0.05, 0) is 35.9 Å². The summed E-state index contributed by atoms with van der Waals surface area (Å²) in [6.07, 6.45) is 0. The Kier molecular flexibility index (Phi) is 4.33. The van der Waals surface area contributed by atoms with Crippen LogP contribution in [0.3, 0.4) is 0 Å². The summed E-state index contributed by atoms with van der Waals surface area (Å²) < 4.78 is 5.12. The van der Waals surface area contributed by atoms with Crippen LogP contribution in [-0.4, -0.2) is 30.1 Å². The Balaban J connectivity index is 2.13. The maximum Gasteiger partial charge on any atom is 0.254 e. The second-order valence-electron chi connectivity index (χ2n) is 4.78. The second kappa shape index (κ2) is 6.17. The highest BCUT2D eigenvalue weighted by molar-refractivity contribution is 5.95. The van der Waals surface area contributed by atoms with E-state index in [1.165, 1.54) is 7.11 Å². The number of rotatable bonds is 4. The zero-order chi connectivity index (χ0) is 15.4. The monoisotopic (exact) mass is 286 g/mol. The Morgan fingerprint density at radius 3 is 2.52 bits per heavy atom. The molecule has 0 saturated heterocycles. The molecule has 3 N–H and O–H groups in total. The molecule has 21 heavy (non-hydrogen) atoms. The summed E-state index contributed by atoms with van der Waals surface area (Å²) in [6, 6.07) is 11.7. The van der Waals surface area contributed by atoms with Crippen molar-refractivity contribution in [2.75, 3.05) is 19.9 Å². The average molecular weight is 286 g/mol. The lowest BCUT2D eigenvalue weighted by atomic mass is 10.1. The van der Waals surface area contributed by atoms with Crippen LogP contribution < -0.4 is 10.5 Å². The number of hydrogen-bond donors (Lipinski definition) is 2. The summed E-state index contributed by atoms with van der Waals surface area (Å²) in [5, 5.41) is 9.26. The summed E-state index contributed by atoms with van der Waals surface area (Å²) >= 11 is 0. The molecule has 0 spiro atoms. The van der Waals surface area contributed by atoms with Gasteiger partial charge in [-0.25, -0.2) is 0 Å². The number of nitrogens with zero attached hydrogens (tertiary/aromatic N) is 1. The van der Waals surface area contributed by atoms with Crippen LogP contribution in [0.1, 0.15) is 15.9 Å². The topological polar surface area (TPSA) is 75.8 Å². The number of anilines is 1. The van der Waals surface area contributed by atoms with Gasteiger partial charge in [0, 0.05) is 19.2 Å². The summed E-state index contributed by atoms with van der Waals surface area (Å²) in [6.45, 7) is 0.450. The normalized spacial score (nSPS) is 10.2. The number of phenols is 1. The number of nitrogen functional groups attached to an aromatic ring is 1. The molecule has 0 aliphatic carbocycles. The van der Waals surface area contributed by atoms with Crippen LogP contribution in [0, 0.1) is 0 Å². The minimum Gasteiger partial charge on any atom is -0.508 e. The van der Waals surface area contributed by atoms with Crippen molar-refractivity contribution in [2.45, 2.75) is 6.54 Å². The van der Waals surface area contributed by atoms with E-state index >= 15 is 0 Å². The van der Waals surface area contributed by atoms with Crippen LogP contribution >= 0.6 is 0 Å². The quantitative estimate of drug-likeness (QED) is 0.845. The van der Waals surface area contributed by atoms with Gasteiger partial charge in [0.25, 0.3) is 5.91 Å². The molecule has 0 bridgehead atoms. The van der Waals surface area contributed by atoms with E-state index in [1.807, 2.05) is 0 Å². The van der Waals surface area contributed by atoms with Crippen LogP contribution in [0.2, 0.25) is 0 Å². The minimum absolute atomic E-state index is 0.124. The number of phenolic OH excluding ortho intramolecular Hbond substituents is 1. The highest BCUT2D eigenvalue weighted by Gasteiger charge is 2.14. The molecule has 0 aliphatic heterocycles. The van der Waals surface area contributed by atoms with E-state index in [0.717, 1.165) is 5.56 Å². The maximum absolute atomic E-state index is 12.4. The van der Waals surface area contributed by atoms with Crippen molar-refractivity contribution in [2.24, 2.45) is 0 Å². The molecule has 5 nitrogen and oxygen atoms in total. The first-order valence-electron chi connectivity index (χ1n) is 6.48. The van der Waals surface area contributed by atoms with E-state index < -0.39 is 0 Å². The smallest absolute Gasteiger partial charge is 0.254 e. The number of nitrogens with two attached hydrogens (primary N) is 1. The largest absolute Gasteiger partial charge is 0.508 e. The third-order valence-corrected chi connectivity index (χ3v) is 3.18. The summed E-state index contributed by atoms with van der Waals surface area (Å²) in [7, 11) is 3.23. The fraction of sp³-hybridized carbons (Fsp3) is 0.188. The molecule has 5 heteroatoms. The Bertz CT molecular complexity index is 638. The van der Waals surface area contributed by atoms with Gasteiger partial charge >= 0.3 is 0 Å². The van der Waals surface area contributed by atoms with Gasteiger partial charge in [0.2, 0.25) is 0 Å². The van der Waals surface area contributed by atoms with E-state index in [4.69, 9.17) is 10.5 Å². The van der Waals surface area contributed by atoms with Crippen molar-refractivity contribution < 1.29 is 14.6 Å². The number of methoxy groups -OCH3 is 1. The van der Waals surface area contributed by atoms with E-state index in [2.05, 4.69) is 0 Å². The first-order valence-corrected chi connectivity index (χ1v) is 6.48. The molecule has 0 unspecified atom stereocenters. The first-order chi connectivity index (χ1) is 10.0. The van der Waals surface area contributed by atoms with Gasteiger partial charge in [0.15, 0.2) is 0 Å². The standard InChI is InChI=1S/C16H18N2O3/c1-18(10-11-3-6-13(19)7-4-11)16(20)12-5-8-14(17)15(9-12)21-2/h3-9,19H,10,17H2,1-2H3.